The summed E-state index contributed by atoms with van der Waals surface area (Å²) in [6, 6.07) is 7.37. The van der Waals surface area contributed by atoms with E-state index in [0.717, 1.165) is 11.3 Å². The van der Waals surface area contributed by atoms with Crippen molar-refractivity contribution < 1.29 is 24.0 Å². The Morgan fingerprint density at radius 1 is 1.23 bits per heavy atom. The second-order valence-corrected chi connectivity index (χ2v) is 5.78. The Morgan fingerprint density at radius 2 is 1.96 bits per heavy atom. The highest BCUT2D eigenvalue weighted by atomic mass is 16.5. The third-order valence-electron chi connectivity index (χ3n) is 3.75. The number of amides is 1. The average molecular weight is 361 g/mol. The molecule has 0 spiro atoms. The monoisotopic (exact) mass is 361 g/mol. The van der Waals surface area contributed by atoms with E-state index in [-0.39, 0.29) is 18.7 Å². The minimum absolute atomic E-state index is 0.0483. The van der Waals surface area contributed by atoms with Crippen molar-refractivity contribution in [2.45, 2.75) is 32.6 Å². The lowest BCUT2D eigenvalue weighted by atomic mass is 10.2. The summed E-state index contributed by atoms with van der Waals surface area (Å²) in [6.07, 6.45) is 1.05. The molecule has 0 saturated carbocycles. The highest BCUT2D eigenvalue weighted by molar-refractivity contribution is 5.76. The van der Waals surface area contributed by atoms with Gasteiger partial charge in [0, 0.05) is 38.4 Å². The summed E-state index contributed by atoms with van der Waals surface area (Å²) in [6.45, 7) is 2.93. The summed E-state index contributed by atoms with van der Waals surface area (Å²) >= 11 is 0. The van der Waals surface area contributed by atoms with Gasteiger partial charge in [-0.2, -0.15) is 4.98 Å². The number of aliphatic carboxylic acids is 1. The number of aromatic nitrogens is 2. The fourth-order valence-electron chi connectivity index (χ4n) is 2.34. The topological polar surface area (TPSA) is 106 Å². The average Bonchev–Trinajstić information content (AvgIpc) is 3.09. The van der Waals surface area contributed by atoms with Crippen molar-refractivity contribution in [2.75, 3.05) is 20.2 Å². The van der Waals surface area contributed by atoms with Crippen molar-refractivity contribution in [3.63, 3.8) is 0 Å². The Labute approximate surface area is 151 Å². The van der Waals surface area contributed by atoms with Crippen LogP contribution >= 0.6 is 0 Å². The van der Waals surface area contributed by atoms with E-state index in [1.54, 1.807) is 7.05 Å². The molecule has 1 aromatic heterocycles. The molecule has 1 heterocycles. The molecule has 0 radical (unpaired) electrons. The van der Waals surface area contributed by atoms with E-state index in [4.69, 9.17) is 14.4 Å². The first-order valence-corrected chi connectivity index (χ1v) is 8.51. The van der Waals surface area contributed by atoms with Gasteiger partial charge in [-0.3, -0.25) is 9.59 Å². The van der Waals surface area contributed by atoms with Crippen molar-refractivity contribution in [3.8, 4) is 17.1 Å². The van der Waals surface area contributed by atoms with Crippen molar-refractivity contribution in [1.82, 2.24) is 15.0 Å². The van der Waals surface area contributed by atoms with Crippen LogP contribution in [0.25, 0.3) is 11.4 Å². The fraction of sp³-hybridized carbons (Fsp3) is 0.444. The van der Waals surface area contributed by atoms with E-state index >= 15 is 0 Å². The number of carboxylic acids is 1. The smallest absolute Gasteiger partial charge is 0.303 e. The normalized spacial score (nSPS) is 10.5. The standard InChI is InChI=1S/C18H23N3O5/c1-3-25-14-8-6-13(7-9-14)18-19-15(26-20-18)10-11-16(22)21(2)12-4-5-17(23)24/h6-9H,3-5,10-12H2,1-2H3,(H,23,24). The molecule has 0 aliphatic rings. The molecule has 140 valence electrons. The number of aryl methyl sites for hydroxylation is 1. The van der Waals surface area contributed by atoms with Crippen LogP contribution in [0.4, 0.5) is 0 Å². The fourth-order valence-corrected chi connectivity index (χ4v) is 2.34. The van der Waals surface area contributed by atoms with Crippen molar-refractivity contribution >= 4 is 11.9 Å². The quantitative estimate of drug-likeness (QED) is 0.692. The number of hydrogen-bond acceptors (Lipinski definition) is 6. The number of ether oxygens (including phenoxy) is 1. The number of carbonyl (C=O) groups is 2. The molecule has 0 unspecified atom stereocenters. The maximum absolute atomic E-state index is 12.0. The van der Waals surface area contributed by atoms with Gasteiger partial charge in [0.2, 0.25) is 17.6 Å². The molecule has 8 nitrogen and oxygen atoms in total. The predicted octanol–water partition coefficient (Wildman–Crippen LogP) is 2.39. The van der Waals surface area contributed by atoms with Gasteiger partial charge in [0.15, 0.2) is 0 Å². The number of carboxylic acid groups (broad SMARTS) is 1. The second kappa shape index (κ2) is 9.55. The van der Waals surface area contributed by atoms with Crippen molar-refractivity contribution in [2.24, 2.45) is 0 Å². The van der Waals surface area contributed by atoms with Crippen LogP contribution in [0.5, 0.6) is 5.75 Å². The summed E-state index contributed by atoms with van der Waals surface area (Å²) < 4.78 is 10.6. The van der Waals surface area contributed by atoms with E-state index in [9.17, 15) is 9.59 Å². The van der Waals surface area contributed by atoms with Gasteiger partial charge in [0.1, 0.15) is 5.75 Å². The van der Waals surface area contributed by atoms with E-state index in [1.165, 1.54) is 4.90 Å². The summed E-state index contributed by atoms with van der Waals surface area (Å²) in [5, 5.41) is 12.6. The molecule has 1 aromatic carbocycles. The molecule has 0 bridgehead atoms. The molecule has 0 atom stereocenters. The highest BCUT2D eigenvalue weighted by Gasteiger charge is 2.13. The number of hydrogen-bond donors (Lipinski definition) is 1. The molecule has 1 amide bonds. The Kier molecular flexibility index (Phi) is 7.13. The van der Waals surface area contributed by atoms with Gasteiger partial charge in [0.05, 0.1) is 6.61 Å². The van der Waals surface area contributed by atoms with Crippen LogP contribution in [0, 0.1) is 0 Å². The van der Waals surface area contributed by atoms with Crippen LogP contribution < -0.4 is 4.74 Å². The van der Waals surface area contributed by atoms with Gasteiger partial charge in [-0.05, 0) is 37.6 Å². The Balaban J connectivity index is 1.84. The minimum Gasteiger partial charge on any atom is -0.494 e. The highest BCUT2D eigenvalue weighted by Crippen LogP contribution is 2.20. The zero-order chi connectivity index (χ0) is 18.9. The van der Waals surface area contributed by atoms with Gasteiger partial charge < -0.3 is 19.3 Å². The SMILES string of the molecule is CCOc1ccc(-c2noc(CCC(=O)N(C)CCCC(=O)O)n2)cc1. The molecular formula is C18H23N3O5. The molecule has 1 N–H and O–H groups in total. The van der Waals surface area contributed by atoms with E-state index < -0.39 is 5.97 Å². The Morgan fingerprint density at radius 3 is 2.62 bits per heavy atom. The van der Waals surface area contributed by atoms with Crippen LogP contribution in [-0.4, -0.2) is 52.2 Å². The van der Waals surface area contributed by atoms with Gasteiger partial charge >= 0.3 is 5.97 Å². The third-order valence-corrected chi connectivity index (χ3v) is 3.75. The zero-order valence-electron chi connectivity index (χ0n) is 15.0. The molecule has 2 aromatic rings. The minimum atomic E-state index is -0.862. The largest absolute Gasteiger partial charge is 0.494 e. The number of carbonyl (C=O) groups excluding carboxylic acids is 1. The summed E-state index contributed by atoms with van der Waals surface area (Å²) in [7, 11) is 1.66. The molecule has 26 heavy (non-hydrogen) atoms. The Hall–Kier alpha value is -2.90. The van der Waals surface area contributed by atoms with Gasteiger partial charge in [-0.1, -0.05) is 5.16 Å². The van der Waals surface area contributed by atoms with Crippen LogP contribution in [0.3, 0.4) is 0 Å². The summed E-state index contributed by atoms with van der Waals surface area (Å²) in [5.74, 6) is 0.678. The first-order chi connectivity index (χ1) is 12.5. The summed E-state index contributed by atoms with van der Waals surface area (Å²) in [4.78, 5) is 28.4. The van der Waals surface area contributed by atoms with Crippen LogP contribution in [0.15, 0.2) is 28.8 Å². The number of nitrogens with zero attached hydrogens (tertiary/aromatic N) is 3. The maximum atomic E-state index is 12.0. The van der Waals surface area contributed by atoms with Crippen LogP contribution in [0.1, 0.15) is 32.1 Å². The number of benzene rings is 1. The van der Waals surface area contributed by atoms with Gasteiger partial charge in [-0.25, -0.2) is 0 Å². The van der Waals surface area contributed by atoms with Crippen LogP contribution in [0.2, 0.25) is 0 Å². The zero-order valence-corrected chi connectivity index (χ0v) is 15.0. The van der Waals surface area contributed by atoms with Crippen molar-refractivity contribution in [3.05, 3.63) is 30.2 Å². The lowest BCUT2D eigenvalue weighted by molar-refractivity contribution is -0.138. The molecular weight excluding hydrogens is 338 g/mol. The third kappa shape index (κ3) is 5.87. The number of rotatable bonds is 10. The molecule has 8 heteroatoms. The van der Waals surface area contributed by atoms with E-state index in [0.29, 0.717) is 37.7 Å². The maximum Gasteiger partial charge on any atom is 0.303 e. The molecule has 2 rings (SSSR count). The van der Waals surface area contributed by atoms with Gasteiger partial charge in [-0.15, -0.1) is 0 Å². The molecule has 0 fully saturated rings. The predicted molar refractivity (Wildman–Crippen MR) is 93.7 cm³/mol. The van der Waals surface area contributed by atoms with E-state index in [2.05, 4.69) is 10.1 Å². The lowest BCUT2D eigenvalue weighted by Gasteiger charge is -2.15. The van der Waals surface area contributed by atoms with Crippen molar-refractivity contribution in [1.29, 1.82) is 0 Å². The molecule has 0 aliphatic heterocycles. The second-order valence-electron chi connectivity index (χ2n) is 5.78. The summed E-state index contributed by atoms with van der Waals surface area (Å²) in [5.41, 5.74) is 0.806. The van der Waals surface area contributed by atoms with Gasteiger partial charge in [0.25, 0.3) is 0 Å². The van der Waals surface area contributed by atoms with E-state index in [1.807, 2.05) is 31.2 Å². The first kappa shape index (κ1) is 19.4. The molecule has 0 aliphatic carbocycles. The van der Waals surface area contributed by atoms with Crippen LogP contribution in [-0.2, 0) is 16.0 Å². The Bertz CT molecular complexity index is 727. The molecule has 0 saturated heterocycles. The first-order valence-electron chi connectivity index (χ1n) is 8.51. The lowest BCUT2D eigenvalue weighted by Crippen LogP contribution is -2.28.